The maximum atomic E-state index is 11.8. The largest absolute Gasteiger partial charge is 0.383 e. The Morgan fingerprint density at radius 1 is 1.28 bits per heavy atom. The van der Waals surface area contributed by atoms with Crippen molar-refractivity contribution in [2.45, 2.75) is 0 Å². The predicted octanol–water partition coefficient (Wildman–Crippen LogP) is 1.96. The third-order valence-corrected chi connectivity index (χ3v) is 3.09. The number of carbonyl (C=O) groups is 1. The van der Waals surface area contributed by atoms with Crippen molar-refractivity contribution in [2.75, 3.05) is 33.4 Å². The number of halogens is 2. The molecule has 0 aliphatic rings. The highest BCUT2D eigenvalue weighted by atomic mass is 35.5. The second kappa shape index (κ2) is 8.32. The van der Waals surface area contributed by atoms with Crippen LogP contribution in [-0.4, -0.2) is 39.3 Å². The van der Waals surface area contributed by atoms with Crippen LogP contribution in [0.15, 0.2) is 18.2 Å². The molecule has 0 saturated carbocycles. The zero-order valence-electron chi connectivity index (χ0n) is 10.1. The van der Waals surface area contributed by atoms with Crippen molar-refractivity contribution >= 4 is 29.1 Å². The van der Waals surface area contributed by atoms with Crippen molar-refractivity contribution in [1.29, 1.82) is 0 Å². The predicted molar refractivity (Wildman–Crippen MR) is 73.5 cm³/mol. The van der Waals surface area contributed by atoms with Crippen LogP contribution in [0.2, 0.25) is 10.0 Å². The molecule has 1 rings (SSSR count). The Hall–Kier alpha value is -0.810. The Bertz CT molecular complexity index is 400. The second-order valence-electron chi connectivity index (χ2n) is 3.60. The zero-order valence-corrected chi connectivity index (χ0v) is 11.6. The summed E-state index contributed by atoms with van der Waals surface area (Å²) in [7, 11) is 1.64. The molecule has 0 radical (unpaired) electrons. The first-order valence-electron chi connectivity index (χ1n) is 5.58. The number of benzene rings is 1. The molecule has 0 aliphatic heterocycles. The Labute approximate surface area is 117 Å². The van der Waals surface area contributed by atoms with Crippen molar-refractivity contribution in [3.8, 4) is 0 Å². The fourth-order valence-corrected chi connectivity index (χ4v) is 1.72. The molecule has 0 aromatic heterocycles. The molecule has 18 heavy (non-hydrogen) atoms. The Morgan fingerprint density at radius 3 is 2.78 bits per heavy atom. The molecule has 4 nitrogen and oxygen atoms in total. The van der Waals surface area contributed by atoms with Crippen LogP contribution in [0.5, 0.6) is 0 Å². The van der Waals surface area contributed by atoms with Gasteiger partial charge in [-0.1, -0.05) is 29.3 Å². The van der Waals surface area contributed by atoms with Crippen LogP contribution in [0.25, 0.3) is 0 Å². The molecule has 1 amide bonds. The smallest absolute Gasteiger partial charge is 0.252 e. The third-order valence-electron chi connectivity index (χ3n) is 2.27. The van der Waals surface area contributed by atoms with Crippen molar-refractivity contribution in [3.05, 3.63) is 33.8 Å². The first kappa shape index (κ1) is 15.2. The molecule has 6 heteroatoms. The number of nitrogens with one attached hydrogen (secondary N) is 2. The van der Waals surface area contributed by atoms with E-state index in [0.29, 0.717) is 30.3 Å². The molecule has 0 atom stereocenters. The van der Waals surface area contributed by atoms with Gasteiger partial charge in [-0.25, -0.2) is 0 Å². The number of ether oxygens (including phenoxy) is 1. The summed E-state index contributed by atoms with van der Waals surface area (Å²) < 4.78 is 4.89. The molecule has 0 unspecified atom stereocenters. The fourth-order valence-electron chi connectivity index (χ4n) is 1.34. The van der Waals surface area contributed by atoms with Crippen LogP contribution in [0, 0.1) is 0 Å². The second-order valence-corrected chi connectivity index (χ2v) is 4.39. The third kappa shape index (κ3) is 4.82. The number of hydrogen-bond donors (Lipinski definition) is 2. The maximum Gasteiger partial charge on any atom is 0.252 e. The molecule has 2 N–H and O–H groups in total. The van der Waals surface area contributed by atoms with Gasteiger partial charge in [-0.3, -0.25) is 4.79 Å². The van der Waals surface area contributed by atoms with Crippen molar-refractivity contribution in [3.63, 3.8) is 0 Å². The average molecular weight is 291 g/mol. The SMILES string of the molecule is COCCNCCNC(=O)c1cccc(Cl)c1Cl. The lowest BCUT2D eigenvalue weighted by atomic mass is 10.2. The minimum absolute atomic E-state index is 0.226. The van der Waals surface area contributed by atoms with E-state index >= 15 is 0 Å². The van der Waals surface area contributed by atoms with Crippen molar-refractivity contribution in [2.24, 2.45) is 0 Å². The molecule has 0 bridgehead atoms. The van der Waals surface area contributed by atoms with Gasteiger partial charge in [0.15, 0.2) is 0 Å². The number of amides is 1. The van der Waals surface area contributed by atoms with Crippen LogP contribution in [0.3, 0.4) is 0 Å². The van der Waals surface area contributed by atoms with E-state index in [2.05, 4.69) is 10.6 Å². The standard InChI is InChI=1S/C12H16Cl2N2O2/c1-18-8-7-15-5-6-16-12(17)9-3-2-4-10(13)11(9)14/h2-4,15H,5-8H2,1H3,(H,16,17). The molecule has 0 spiro atoms. The van der Waals surface area contributed by atoms with E-state index in [-0.39, 0.29) is 10.9 Å². The number of hydrogen-bond acceptors (Lipinski definition) is 3. The summed E-state index contributed by atoms with van der Waals surface area (Å²) in [6.45, 7) is 2.59. The molecule has 1 aromatic carbocycles. The molecule has 0 saturated heterocycles. The molecule has 100 valence electrons. The van der Waals surface area contributed by atoms with Crippen LogP contribution < -0.4 is 10.6 Å². The molecular formula is C12H16Cl2N2O2. The first-order chi connectivity index (χ1) is 8.66. The zero-order chi connectivity index (χ0) is 13.4. The van der Waals surface area contributed by atoms with Gasteiger partial charge in [0.2, 0.25) is 0 Å². The first-order valence-corrected chi connectivity index (χ1v) is 6.34. The van der Waals surface area contributed by atoms with Gasteiger partial charge in [0.1, 0.15) is 0 Å². The number of methoxy groups -OCH3 is 1. The van der Waals surface area contributed by atoms with E-state index in [1.807, 2.05) is 0 Å². The quantitative estimate of drug-likeness (QED) is 0.755. The molecular weight excluding hydrogens is 275 g/mol. The Balaban J connectivity index is 2.35. The van der Waals surface area contributed by atoms with Crippen LogP contribution in [0.4, 0.5) is 0 Å². The van der Waals surface area contributed by atoms with Gasteiger partial charge in [0.05, 0.1) is 22.2 Å². The van der Waals surface area contributed by atoms with Gasteiger partial charge in [0, 0.05) is 26.7 Å². The fraction of sp³-hybridized carbons (Fsp3) is 0.417. The van der Waals surface area contributed by atoms with E-state index in [0.717, 1.165) is 6.54 Å². The van der Waals surface area contributed by atoms with Crippen molar-refractivity contribution in [1.82, 2.24) is 10.6 Å². The highest BCUT2D eigenvalue weighted by molar-refractivity contribution is 6.43. The summed E-state index contributed by atoms with van der Waals surface area (Å²) in [5.74, 6) is -0.226. The van der Waals surface area contributed by atoms with Crippen molar-refractivity contribution < 1.29 is 9.53 Å². The van der Waals surface area contributed by atoms with E-state index in [9.17, 15) is 4.79 Å². The highest BCUT2D eigenvalue weighted by Crippen LogP contribution is 2.25. The molecule has 1 aromatic rings. The summed E-state index contributed by atoms with van der Waals surface area (Å²) >= 11 is 11.8. The van der Waals surface area contributed by atoms with E-state index in [1.165, 1.54) is 0 Å². The number of carbonyl (C=O) groups excluding carboxylic acids is 1. The Morgan fingerprint density at radius 2 is 2.06 bits per heavy atom. The van der Waals surface area contributed by atoms with Gasteiger partial charge in [-0.05, 0) is 12.1 Å². The summed E-state index contributed by atoms with van der Waals surface area (Å²) in [4.78, 5) is 11.8. The van der Waals surface area contributed by atoms with Gasteiger partial charge < -0.3 is 15.4 Å². The monoisotopic (exact) mass is 290 g/mol. The van der Waals surface area contributed by atoms with Crippen LogP contribution in [0.1, 0.15) is 10.4 Å². The Kier molecular flexibility index (Phi) is 7.05. The molecule has 0 heterocycles. The summed E-state index contributed by atoms with van der Waals surface area (Å²) in [6.07, 6.45) is 0. The van der Waals surface area contributed by atoms with Gasteiger partial charge in [0.25, 0.3) is 5.91 Å². The van der Waals surface area contributed by atoms with Crippen LogP contribution in [-0.2, 0) is 4.74 Å². The summed E-state index contributed by atoms with van der Waals surface area (Å²) in [5, 5.41) is 6.54. The molecule has 0 fully saturated rings. The minimum Gasteiger partial charge on any atom is -0.383 e. The lowest BCUT2D eigenvalue weighted by Crippen LogP contribution is -2.33. The average Bonchev–Trinajstić information content (AvgIpc) is 2.36. The summed E-state index contributed by atoms with van der Waals surface area (Å²) in [5.41, 5.74) is 0.390. The summed E-state index contributed by atoms with van der Waals surface area (Å²) in [6, 6.07) is 4.98. The van der Waals surface area contributed by atoms with Gasteiger partial charge in [-0.2, -0.15) is 0 Å². The number of rotatable bonds is 7. The highest BCUT2D eigenvalue weighted by Gasteiger charge is 2.11. The lowest BCUT2D eigenvalue weighted by Gasteiger charge is -2.08. The van der Waals surface area contributed by atoms with Crippen LogP contribution >= 0.6 is 23.2 Å². The normalized spacial score (nSPS) is 10.4. The van der Waals surface area contributed by atoms with E-state index in [4.69, 9.17) is 27.9 Å². The minimum atomic E-state index is -0.226. The lowest BCUT2D eigenvalue weighted by molar-refractivity contribution is 0.0954. The molecule has 0 aliphatic carbocycles. The van der Waals surface area contributed by atoms with Gasteiger partial charge in [-0.15, -0.1) is 0 Å². The van der Waals surface area contributed by atoms with Gasteiger partial charge >= 0.3 is 0 Å². The maximum absolute atomic E-state index is 11.8. The van der Waals surface area contributed by atoms with E-state index in [1.54, 1.807) is 25.3 Å². The topological polar surface area (TPSA) is 50.4 Å². The van der Waals surface area contributed by atoms with E-state index < -0.39 is 0 Å².